The highest BCUT2D eigenvalue weighted by Crippen LogP contribution is 2.30. The molecular weight excluding hydrogens is 128 g/mol. The minimum atomic E-state index is -0.213. The van der Waals surface area contributed by atoms with E-state index in [1.54, 1.807) is 0 Å². The summed E-state index contributed by atoms with van der Waals surface area (Å²) in [5.74, 6) is 0. The molecule has 1 aliphatic heterocycles. The van der Waals surface area contributed by atoms with Crippen LogP contribution in [0.3, 0.4) is 0 Å². The summed E-state index contributed by atoms with van der Waals surface area (Å²) >= 11 is 0. The first-order valence-electron chi connectivity index (χ1n) is 3.88. The first-order valence-corrected chi connectivity index (χ1v) is 3.88. The van der Waals surface area contributed by atoms with E-state index in [0.717, 1.165) is 19.3 Å². The minimum Gasteiger partial charge on any atom is -0.390 e. The molecule has 1 saturated heterocycles. The summed E-state index contributed by atoms with van der Waals surface area (Å²) < 4.78 is 5.21. The third-order valence-electron chi connectivity index (χ3n) is 2.14. The van der Waals surface area contributed by atoms with Gasteiger partial charge in [0.2, 0.25) is 0 Å². The fourth-order valence-corrected chi connectivity index (χ4v) is 1.44. The van der Waals surface area contributed by atoms with E-state index in [9.17, 15) is 5.11 Å². The van der Waals surface area contributed by atoms with Crippen LogP contribution in [0, 0.1) is 0 Å². The molecule has 0 aromatic rings. The molecule has 2 heteroatoms. The van der Waals surface area contributed by atoms with Crippen molar-refractivity contribution in [2.75, 3.05) is 0 Å². The molecule has 1 aliphatic carbocycles. The quantitative estimate of drug-likeness (QED) is 0.400. The molecule has 2 nitrogen and oxygen atoms in total. The van der Waals surface area contributed by atoms with Gasteiger partial charge in [0.25, 0.3) is 0 Å². The molecule has 0 aromatic carbocycles. The first-order chi connectivity index (χ1) is 4.88. The summed E-state index contributed by atoms with van der Waals surface area (Å²) in [5.41, 5.74) is 0. The Morgan fingerprint density at radius 3 is 3.30 bits per heavy atom. The number of aliphatic hydroxyl groups excluding tert-OH is 1. The average Bonchev–Trinajstić information content (AvgIpc) is 2.62. The van der Waals surface area contributed by atoms with Crippen LogP contribution >= 0.6 is 0 Å². The van der Waals surface area contributed by atoms with E-state index in [2.05, 4.69) is 12.2 Å². The van der Waals surface area contributed by atoms with Crippen molar-refractivity contribution in [1.82, 2.24) is 0 Å². The van der Waals surface area contributed by atoms with Crippen molar-refractivity contribution in [3.63, 3.8) is 0 Å². The highest BCUT2D eigenvalue weighted by Gasteiger charge is 2.42. The summed E-state index contributed by atoms with van der Waals surface area (Å²) in [5, 5.41) is 9.37. The Morgan fingerprint density at radius 1 is 1.50 bits per heavy atom. The molecule has 0 radical (unpaired) electrons. The van der Waals surface area contributed by atoms with E-state index >= 15 is 0 Å². The van der Waals surface area contributed by atoms with Crippen molar-refractivity contribution in [2.45, 2.75) is 37.6 Å². The summed E-state index contributed by atoms with van der Waals surface area (Å²) in [6.45, 7) is 0. The zero-order chi connectivity index (χ0) is 6.97. The van der Waals surface area contributed by atoms with Crippen molar-refractivity contribution in [3.05, 3.63) is 12.2 Å². The van der Waals surface area contributed by atoms with E-state index in [4.69, 9.17) is 4.74 Å². The highest BCUT2D eigenvalue weighted by atomic mass is 16.6. The lowest BCUT2D eigenvalue weighted by molar-refractivity contribution is 0.124. The van der Waals surface area contributed by atoms with Gasteiger partial charge in [-0.25, -0.2) is 0 Å². The smallest absolute Gasteiger partial charge is 0.114 e. The fourth-order valence-electron chi connectivity index (χ4n) is 1.44. The Balaban J connectivity index is 2.00. The highest BCUT2D eigenvalue weighted by molar-refractivity contribution is 5.06. The maximum Gasteiger partial charge on any atom is 0.114 e. The SMILES string of the molecule is OC1CCC/C=C\C2OC12. The number of aliphatic hydroxyl groups is 1. The van der Waals surface area contributed by atoms with Crippen LogP contribution in [-0.4, -0.2) is 23.4 Å². The van der Waals surface area contributed by atoms with Gasteiger partial charge < -0.3 is 9.84 Å². The molecule has 0 bridgehead atoms. The summed E-state index contributed by atoms with van der Waals surface area (Å²) in [6, 6.07) is 0. The molecule has 3 unspecified atom stereocenters. The normalized spacial score (nSPS) is 48.7. The summed E-state index contributed by atoms with van der Waals surface area (Å²) in [6.07, 6.45) is 7.42. The number of hydrogen-bond acceptors (Lipinski definition) is 2. The van der Waals surface area contributed by atoms with Gasteiger partial charge in [0.05, 0.1) is 6.10 Å². The van der Waals surface area contributed by atoms with Crippen molar-refractivity contribution >= 4 is 0 Å². The van der Waals surface area contributed by atoms with E-state index < -0.39 is 0 Å². The van der Waals surface area contributed by atoms with Gasteiger partial charge in [-0.1, -0.05) is 12.2 Å². The molecule has 56 valence electrons. The maximum atomic E-state index is 9.37. The molecule has 2 rings (SSSR count). The van der Waals surface area contributed by atoms with E-state index in [1.807, 2.05) is 0 Å². The lowest BCUT2D eigenvalue weighted by Gasteiger charge is -2.06. The van der Waals surface area contributed by atoms with Crippen LogP contribution in [0.15, 0.2) is 12.2 Å². The van der Waals surface area contributed by atoms with Crippen LogP contribution in [0.2, 0.25) is 0 Å². The van der Waals surface area contributed by atoms with Gasteiger partial charge >= 0.3 is 0 Å². The van der Waals surface area contributed by atoms with Crippen LogP contribution in [-0.2, 0) is 4.74 Å². The topological polar surface area (TPSA) is 32.8 Å². The minimum absolute atomic E-state index is 0.122. The summed E-state index contributed by atoms with van der Waals surface area (Å²) in [7, 11) is 0. The molecule has 1 N–H and O–H groups in total. The van der Waals surface area contributed by atoms with Gasteiger partial charge in [0.15, 0.2) is 0 Å². The van der Waals surface area contributed by atoms with Gasteiger partial charge in [0, 0.05) is 0 Å². The van der Waals surface area contributed by atoms with Crippen molar-refractivity contribution < 1.29 is 9.84 Å². The molecule has 1 heterocycles. The van der Waals surface area contributed by atoms with Gasteiger partial charge in [-0.2, -0.15) is 0 Å². The Labute approximate surface area is 60.5 Å². The van der Waals surface area contributed by atoms with Crippen molar-refractivity contribution in [3.8, 4) is 0 Å². The maximum absolute atomic E-state index is 9.37. The fraction of sp³-hybridized carbons (Fsp3) is 0.750. The monoisotopic (exact) mass is 140 g/mol. The van der Waals surface area contributed by atoms with Crippen molar-refractivity contribution in [1.29, 1.82) is 0 Å². The summed E-state index contributed by atoms with van der Waals surface area (Å²) in [4.78, 5) is 0. The second kappa shape index (κ2) is 2.36. The zero-order valence-electron chi connectivity index (χ0n) is 5.86. The lowest BCUT2D eigenvalue weighted by Crippen LogP contribution is -2.16. The van der Waals surface area contributed by atoms with Gasteiger partial charge in [-0.3, -0.25) is 0 Å². The predicted molar refractivity (Wildman–Crippen MR) is 37.7 cm³/mol. The Bertz CT molecular complexity index is 153. The number of ether oxygens (including phenoxy) is 1. The lowest BCUT2D eigenvalue weighted by atomic mass is 10.0. The van der Waals surface area contributed by atoms with Crippen LogP contribution < -0.4 is 0 Å². The molecule has 0 amide bonds. The second-order valence-electron chi connectivity index (χ2n) is 2.99. The molecule has 2 aliphatic rings. The van der Waals surface area contributed by atoms with Crippen LogP contribution in [0.1, 0.15) is 19.3 Å². The van der Waals surface area contributed by atoms with E-state index in [0.29, 0.717) is 0 Å². The van der Waals surface area contributed by atoms with E-state index in [1.165, 1.54) is 0 Å². The zero-order valence-corrected chi connectivity index (χ0v) is 5.86. The molecule has 3 atom stereocenters. The third kappa shape index (κ3) is 1.09. The Hall–Kier alpha value is -0.340. The Morgan fingerprint density at radius 2 is 2.40 bits per heavy atom. The molecule has 0 spiro atoms. The van der Waals surface area contributed by atoms with E-state index in [-0.39, 0.29) is 18.3 Å². The van der Waals surface area contributed by atoms with Crippen LogP contribution in [0.5, 0.6) is 0 Å². The molecule has 0 aromatic heterocycles. The van der Waals surface area contributed by atoms with Crippen LogP contribution in [0.4, 0.5) is 0 Å². The second-order valence-corrected chi connectivity index (χ2v) is 2.99. The largest absolute Gasteiger partial charge is 0.390 e. The number of epoxide rings is 1. The first kappa shape index (κ1) is 6.38. The average molecular weight is 140 g/mol. The number of fused-ring (bicyclic) bond motifs is 1. The predicted octanol–water partition coefficient (Wildman–Crippen LogP) is 0.855. The molecule has 1 fully saturated rings. The molecule has 0 saturated carbocycles. The standard InChI is InChI=1S/C8H12O2/c9-6-4-2-1-3-5-7-8(6)10-7/h3,5-9H,1-2,4H2/b5-3-. The third-order valence-corrected chi connectivity index (χ3v) is 2.14. The number of hydrogen-bond donors (Lipinski definition) is 1. The molecule has 10 heavy (non-hydrogen) atoms. The molecular formula is C8H12O2. The van der Waals surface area contributed by atoms with Crippen molar-refractivity contribution in [2.24, 2.45) is 0 Å². The van der Waals surface area contributed by atoms with Crippen LogP contribution in [0.25, 0.3) is 0 Å². The number of allylic oxidation sites excluding steroid dienone is 1. The number of rotatable bonds is 0. The Kier molecular flexibility index (Phi) is 1.51. The van der Waals surface area contributed by atoms with Gasteiger partial charge in [-0.15, -0.1) is 0 Å². The van der Waals surface area contributed by atoms with Gasteiger partial charge in [0.1, 0.15) is 12.2 Å². The van der Waals surface area contributed by atoms with Gasteiger partial charge in [-0.05, 0) is 19.3 Å².